The van der Waals surface area contributed by atoms with Gasteiger partial charge in [0.05, 0.1) is 13.7 Å². The number of rotatable bonds is 5. The summed E-state index contributed by atoms with van der Waals surface area (Å²) in [6.07, 6.45) is 0. The number of Topliss-reactive ketones (excluding diaryl/α,β-unsaturated/α-hetero) is 1. The maximum atomic E-state index is 13.0. The van der Waals surface area contributed by atoms with Crippen LogP contribution in [-0.4, -0.2) is 19.4 Å². The molecule has 0 heterocycles. The Morgan fingerprint density at radius 2 is 2.05 bits per heavy atom. The van der Waals surface area contributed by atoms with Crippen molar-refractivity contribution in [2.24, 2.45) is 0 Å². The molecule has 0 aliphatic rings. The molecule has 0 spiro atoms. The van der Waals surface area contributed by atoms with Gasteiger partial charge in [-0.1, -0.05) is 6.07 Å². The summed E-state index contributed by atoms with van der Waals surface area (Å²) in [7, 11) is 1.59. The summed E-state index contributed by atoms with van der Waals surface area (Å²) in [6.45, 7) is 2.00. The number of nitrogens with one attached hydrogen (secondary N) is 1. The standard InChI is InChI=1S/C16H16FNO2/c1-11-8-12(6-7-16(11)20-2)15(19)10-18-14-5-3-4-13(17)9-14/h3-9,18H,10H2,1-2H3. The molecule has 0 amide bonds. The molecule has 0 saturated carbocycles. The lowest BCUT2D eigenvalue weighted by Crippen LogP contribution is -2.14. The Kier molecular flexibility index (Phi) is 4.35. The van der Waals surface area contributed by atoms with E-state index < -0.39 is 0 Å². The van der Waals surface area contributed by atoms with Crippen LogP contribution in [0.3, 0.4) is 0 Å². The van der Waals surface area contributed by atoms with E-state index in [1.54, 1.807) is 37.4 Å². The first-order valence-corrected chi connectivity index (χ1v) is 6.27. The molecule has 20 heavy (non-hydrogen) atoms. The molecule has 0 aromatic heterocycles. The van der Waals surface area contributed by atoms with Crippen molar-refractivity contribution in [3.63, 3.8) is 0 Å². The van der Waals surface area contributed by atoms with Gasteiger partial charge in [-0.05, 0) is 48.9 Å². The normalized spacial score (nSPS) is 10.2. The van der Waals surface area contributed by atoms with Gasteiger partial charge >= 0.3 is 0 Å². The van der Waals surface area contributed by atoms with E-state index in [4.69, 9.17) is 4.74 Å². The monoisotopic (exact) mass is 273 g/mol. The summed E-state index contributed by atoms with van der Waals surface area (Å²) >= 11 is 0. The Bertz CT molecular complexity index is 626. The molecule has 0 saturated heterocycles. The van der Waals surface area contributed by atoms with Gasteiger partial charge in [0.15, 0.2) is 5.78 Å². The first-order chi connectivity index (χ1) is 9.60. The Balaban J connectivity index is 2.03. The van der Waals surface area contributed by atoms with E-state index in [2.05, 4.69) is 5.32 Å². The highest BCUT2D eigenvalue weighted by molar-refractivity contribution is 5.99. The van der Waals surface area contributed by atoms with Crippen molar-refractivity contribution in [3.8, 4) is 5.75 Å². The molecule has 0 atom stereocenters. The van der Waals surface area contributed by atoms with Gasteiger partial charge in [-0.3, -0.25) is 4.79 Å². The number of halogens is 1. The largest absolute Gasteiger partial charge is 0.496 e. The molecule has 0 fully saturated rings. The fraction of sp³-hybridized carbons (Fsp3) is 0.188. The molecular weight excluding hydrogens is 257 g/mol. The molecule has 0 aliphatic heterocycles. The highest BCUT2D eigenvalue weighted by Crippen LogP contribution is 2.19. The van der Waals surface area contributed by atoms with Gasteiger partial charge in [0.1, 0.15) is 11.6 Å². The lowest BCUT2D eigenvalue weighted by Gasteiger charge is -2.08. The number of aryl methyl sites for hydroxylation is 1. The second-order valence-electron chi connectivity index (χ2n) is 4.47. The zero-order chi connectivity index (χ0) is 14.5. The summed E-state index contributed by atoms with van der Waals surface area (Å²) in [6, 6.07) is 11.3. The molecule has 2 aromatic rings. The summed E-state index contributed by atoms with van der Waals surface area (Å²) in [5, 5.41) is 2.91. The van der Waals surface area contributed by atoms with E-state index in [9.17, 15) is 9.18 Å². The molecule has 2 rings (SSSR count). The smallest absolute Gasteiger partial charge is 0.181 e. The number of hydrogen-bond acceptors (Lipinski definition) is 3. The van der Waals surface area contributed by atoms with Gasteiger partial charge < -0.3 is 10.1 Å². The minimum absolute atomic E-state index is 0.0555. The number of ketones is 1. The summed E-state index contributed by atoms with van der Waals surface area (Å²) in [5.74, 6) is 0.363. The Hall–Kier alpha value is -2.36. The summed E-state index contributed by atoms with van der Waals surface area (Å²) < 4.78 is 18.2. The second-order valence-corrected chi connectivity index (χ2v) is 4.47. The van der Waals surface area contributed by atoms with Gasteiger partial charge in [0.2, 0.25) is 0 Å². The predicted octanol–water partition coefficient (Wildman–Crippen LogP) is 3.44. The number of hydrogen-bond donors (Lipinski definition) is 1. The first kappa shape index (κ1) is 14.1. The number of carbonyl (C=O) groups excluding carboxylic acids is 1. The van der Waals surface area contributed by atoms with Gasteiger partial charge in [-0.2, -0.15) is 0 Å². The molecule has 1 N–H and O–H groups in total. The van der Waals surface area contributed by atoms with Crippen molar-refractivity contribution in [2.45, 2.75) is 6.92 Å². The van der Waals surface area contributed by atoms with E-state index >= 15 is 0 Å². The quantitative estimate of drug-likeness (QED) is 0.848. The summed E-state index contributed by atoms with van der Waals surface area (Å²) in [4.78, 5) is 12.1. The third-order valence-corrected chi connectivity index (χ3v) is 2.99. The average Bonchev–Trinajstić information content (AvgIpc) is 2.44. The van der Waals surface area contributed by atoms with Crippen molar-refractivity contribution in [1.82, 2.24) is 0 Å². The van der Waals surface area contributed by atoms with E-state index in [1.807, 2.05) is 6.92 Å². The van der Waals surface area contributed by atoms with Crippen LogP contribution in [0.5, 0.6) is 5.75 Å². The summed E-state index contributed by atoms with van der Waals surface area (Å²) in [5.41, 5.74) is 2.10. The predicted molar refractivity (Wildman–Crippen MR) is 77.0 cm³/mol. The zero-order valence-corrected chi connectivity index (χ0v) is 11.4. The number of carbonyl (C=O) groups is 1. The Labute approximate surface area is 117 Å². The number of benzene rings is 2. The molecule has 0 aliphatic carbocycles. The van der Waals surface area contributed by atoms with Crippen LogP contribution in [0.25, 0.3) is 0 Å². The third-order valence-electron chi connectivity index (χ3n) is 2.99. The Morgan fingerprint density at radius 1 is 1.25 bits per heavy atom. The van der Waals surface area contributed by atoms with Crippen LogP contribution in [-0.2, 0) is 0 Å². The fourth-order valence-corrected chi connectivity index (χ4v) is 1.93. The molecule has 0 radical (unpaired) electrons. The van der Waals surface area contributed by atoms with E-state index in [1.165, 1.54) is 12.1 Å². The van der Waals surface area contributed by atoms with Crippen LogP contribution in [0.15, 0.2) is 42.5 Å². The van der Waals surface area contributed by atoms with Crippen LogP contribution >= 0.6 is 0 Å². The highest BCUT2D eigenvalue weighted by atomic mass is 19.1. The maximum Gasteiger partial charge on any atom is 0.181 e. The second kappa shape index (κ2) is 6.19. The molecule has 4 heteroatoms. The molecule has 2 aromatic carbocycles. The van der Waals surface area contributed by atoms with Crippen molar-refractivity contribution < 1.29 is 13.9 Å². The number of anilines is 1. The molecule has 3 nitrogen and oxygen atoms in total. The lowest BCUT2D eigenvalue weighted by molar-refractivity contribution is 0.101. The van der Waals surface area contributed by atoms with Gasteiger partial charge in [-0.15, -0.1) is 0 Å². The van der Waals surface area contributed by atoms with E-state index in [-0.39, 0.29) is 18.1 Å². The first-order valence-electron chi connectivity index (χ1n) is 6.27. The maximum absolute atomic E-state index is 13.0. The van der Waals surface area contributed by atoms with Crippen molar-refractivity contribution in [1.29, 1.82) is 0 Å². The minimum atomic E-state index is -0.331. The highest BCUT2D eigenvalue weighted by Gasteiger charge is 2.08. The lowest BCUT2D eigenvalue weighted by atomic mass is 10.1. The van der Waals surface area contributed by atoms with Gasteiger partial charge in [0.25, 0.3) is 0 Å². The van der Waals surface area contributed by atoms with Crippen molar-refractivity contribution in [3.05, 3.63) is 59.4 Å². The van der Waals surface area contributed by atoms with Crippen LogP contribution < -0.4 is 10.1 Å². The van der Waals surface area contributed by atoms with E-state index in [0.29, 0.717) is 11.3 Å². The molecular formula is C16H16FNO2. The molecule has 0 bridgehead atoms. The topological polar surface area (TPSA) is 38.3 Å². The van der Waals surface area contributed by atoms with Crippen molar-refractivity contribution in [2.75, 3.05) is 19.0 Å². The minimum Gasteiger partial charge on any atom is -0.496 e. The fourth-order valence-electron chi connectivity index (χ4n) is 1.93. The molecule has 104 valence electrons. The SMILES string of the molecule is COc1ccc(C(=O)CNc2cccc(F)c2)cc1C. The van der Waals surface area contributed by atoms with Gasteiger partial charge in [-0.25, -0.2) is 4.39 Å². The Morgan fingerprint density at radius 3 is 2.70 bits per heavy atom. The average molecular weight is 273 g/mol. The van der Waals surface area contributed by atoms with Crippen LogP contribution in [0, 0.1) is 12.7 Å². The third kappa shape index (κ3) is 3.35. The number of methoxy groups -OCH3 is 1. The zero-order valence-electron chi connectivity index (χ0n) is 11.4. The van der Waals surface area contributed by atoms with E-state index in [0.717, 1.165) is 11.3 Å². The van der Waals surface area contributed by atoms with Crippen molar-refractivity contribution >= 4 is 11.5 Å². The number of ether oxygens (including phenoxy) is 1. The van der Waals surface area contributed by atoms with Gasteiger partial charge in [0, 0.05) is 11.3 Å². The van der Waals surface area contributed by atoms with Crippen LogP contribution in [0.1, 0.15) is 15.9 Å². The van der Waals surface area contributed by atoms with Crippen LogP contribution in [0.2, 0.25) is 0 Å². The van der Waals surface area contributed by atoms with Crippen LogP contribution in [0.4, 0.5) is 10.1 Å². The molecule has 0 unspecified atom stereocenters.